The van der Waals surface area contributed by atoms with Crippen LogP contribution in [0.2, 0.25) is 0 Å². The topological polar surface area (TPSA) is 58.1 Å². The fourth-order valence-corrected chi connectivity index (χ4v) is 4.36. The summed E-state index contributed by atoms with van der Waals surface area (Å²) >= 11 is 0. The standard InChI is InChI=1S/C22H35FN4O2.HI/c1-24-21(26-17-22(9-12-28-2)7-3-4-8-22)25-16-18-5-6-20(19(23)15-18)27-10-13-29-14-11-27;/h5-6,15H,3-4,7-14,16-17H2,1-2H3,(H2,24,25,26);1H. The molecule has 1 heterocycles. The maximum Gasteiger partial charge on any atom is 0.191 e. The molecule has 8 heteroatoms. The van der Waals surface area contributed by atoms with Crippen molar-refractivity contribution in [2.24, 2.45) is 10.4 Å². The van der Waals surface area contributed by atoms with Gasteiger partial charge in [0.15, 0.2) is 5.96 Å². The lowest BCUT2D eigenvalue weighted by Crippen LogP contribution is -2.43. The van der Waals surface area contributed by atoms with Crippen molar-refractivity contribution < 1.29 is 13.9 Å². The van der Waals surface area contributed by atoms with Crippen LogP contribution in [0, 0.1) is 11.2 Å². The van der Waals surface area contributed by atoms with E-state index in [2.05, 4.69) is 15.6 Å². The minimum absolute atomic E-state index is 0. The predicted molar refractivity (Wildman–Crippen MR) is 130 cm³/mol. The van der Waals surface area contributed by atoms with Gasteiger partial charge in [0, 0.05) is 46.9 Å². The van der Waals surface area contributed by atoms with Gasteiger partial charge in [-0.3, -0.25) is 4.99 Å². The molecular weight excluding hydrogens is 498 g/mol. The number of morpholine rings is 1. The molecule has 2 fully saturated rings. The first kappa shape index (κ1) is 25.1. The minimum atomic E-state index is -0.182. The van der Waals surface area contributed by atoms with Crippen LogP contribution < -0.4 is 15.5 Å². The van der Waals surface area contributed by atoms with Gasteiger partial charge in [-0.1, -0.05) is 18.9 Å². The van der Waals surface area contributed by atoms with Crippen molar-refractivity contribution in [1.82, 2.24) is 10.6 Å². The molecule has 170 valence electrons. The van der Waals surface area contributed by atoms with Crippen LogP contribution in [0.3, 0.4) is 0 Å². The zero-order chi connectivity index (χ0) is 20.5. The molecule has 0 radical (unpaired) electrons. The molecule has 0 amide bonds. The molecular formula is C22H36FIN4O2. The van der Waals surface area contributed by atoms with Crippen molar-refractivity contribution in [3.8, 4) is 0 Å². The number of guanidine groups is 1. The number of aliphatic imine (C=N–C) groups is 1. The van der Waals surface area contributed by atoms with E-state index < -0.39 is 0 Å². The number of anilines is 1. The number of halogens is 2. The third-order valence-corrected chi connectivity index (χ3v) is 6.18. The van der Waals surface area contributed by atoms with E-state index in [-0.39, 0.29) is 29.8 Å². The lowest BCUT2D eigenvalue weighted by atomic mass is 9.83. The number of nitrogens with zero attached hydrogens (tertiary/aromatic N) is 2. The molecule has 0 atom stereocenters. The largest absolute Gasteiger partial charge is 0.385 e. The first-order valence-corrected chi connectivity index (χ1v) is 10.7. The normalized spacial score (nSPS) is 18.8. The van der Waals surface area contributed by atoms with Crippen LogP contribution >= 0.6 is 24.0 Å². The molecule has 1 aliphatic heterocycles. The number of rotatable bonds is 8. The van der Waals surface area contributed by atoms with Crippen molar-refractivity contribution in [2.45, 2.75) is 38.6 Å². The Balaban J connectivity index is 0.00000320. The van der Waals surface area contributed by atoms with Gasteiger partial charge in [-0.25, -0.2) is 4.39 Å². The monoisotopic (exact) mass is 534 g/mol. The third-order valence-electron chi connectivity index (χ3n) is 6.18. The van der Waals surface area contributed by atoms with Gasteiger partial charge in [-0.15, -0.1) is 24.0 Å². The van der Waals surface area contributed by atoms with Crippen molar-refractivity contribution in [3.05, 3.63) is 29.6 Å². The van der Waals surface area contributed by atoms with Gasteiger partial charge in [0.2, 0.25) is 0 Å². The Bertz CT molecular complexity index is 677. The molecule has 30 heavy (non-hydrogen) atoms. The minimum Gasteiger partial charge on any atom is -0.385 e. The number of benzene rings is 1. The fraction of sp³-hybridized carbons (Fsp3) is 0.682. The summed E-state index contributed by atoms with van der Waals surface area (Å²) in [6.07, 6.45) is 6.10. The van der Waals surface area contributed by atoms with Crippen LogP contribution in [0.15, 0.2) is 23.2 Å². The highest BCUT2D eigenvalue weighted by Crippen LogP contribution is 2.40. The smallest absolute Gasteiger partial charge is 0.191 e. The Morgan fingerprint density at radius 1 is 1.23 bits per heavy atom. The quantitative estimate of drug-likeness (QED) is 0.304. The van der Waals surface area contributed by atoms with Gasteiger partial charge in [0.25, 0.3) is 0 Å². The summed E-state index contributed by atoms with van der Waals surface area (Å²) in [5, 5.41) is 6.79. The van der Waals surface area contributed by atoms with E-state index in [1.54, 1.807) is 20.2 Å². The maximum atomic E-state index is 14.6. The van der Waals surface area contributed by atoms with Gasteiger partial charge in [-0.2, -0.15) is 0 Å². The van der Waals surface area contributed by atoms with E-state index in [4.69, 9.17) is 9.47 Å². The fourth-order valence-electron chi connectivity index (χ4n) is 4.36. The predicted octanol–water partition coefficient (Wildman–Crippen LogP) is 3.54. The Hall–Kier alpha value is -1.13. The summed E-state index contributed by atoms with van der Waals surface area (Å²) in [7, 11) is 3.54. The van der Waals surface area contributed by atoms with Gasteiger partial charge in [-0.05, 0) is 42.4 Å². The molecule has 0 aromatic heterocycles. The molecule has 0 unspecified atom stereocenters. The number of nitrogens with one attached hydrogen (secondary N) is 2. The Morgan fingerprint density at radius 2 is 1.97 bits per heavy atom. The number of ether oxygens (including phenoxy) is 2. The van der Waals surface area contributed by atoms with E-state index in [9.17, 15) is 4.39 Å². The second kappa shape index (κ2) is 12.7. The Kier molecular flexibility index (Phi) is 10.6. The molecule has 1 aromatic carbocycles. The summed E-state index contributed by atoms with van der Waals surface area (Å²) in [6, 6.07) is 5.46. The Labute approximate surface area is 197 Å². The first-order chi connectivity index (χ1) is 14.2. The van der Waals surface area contributed by atoms with Crippen molar-refractivity contribution in [1.29, 1.82) is 0 Å². The number of hydrogen-bond acceptors (Lipinski definition) is 4. The van der Waals surface area contributed by atoms with Crippen LogP contribution in [0.1, 0.15) is 37.7 Å². The van der Waals surface area contributed by atoms with Crippen LogP contribution in [0.5, 0.6) is 0 Å². The average molecular weight is 534 g/mol. The maximum absolute atomic E-state index is 14.6. The highest BCUT2D eigenvalue weighted by molar-refractivity contribution is 14.0. The van der Waals surface area contributed by atoms with Gasteiger partial charge >= 0.3 is 0 Å². The summed E-state index contributed by atoms with van der Waals surface area (Å²) < 4.78 is 25.3. The molecule has 1 aromatic rings. The summed E-state index contributed by atoms with van der Waals surface area (Å²) in [5.41, 5.74) is 1.85. The number of hydrogen-bond donors (Lipinski definition) is 2. The molecule has 0 bridgehead atoms. The lowest BCUT2D eigenvalue weighted by Gasteiger charge is -2.30. The van der Waals surface area contributed by atoms with Crippen LogP contribution in [0.25, 0.3) is 0 Å². The van der Waals surface area contributed by atoms with Crippen molar-refractivity contribution in [3.63, 3.8) is 0 Å². The molecule has 1 saturated heterocycles. The third kappa shape index (κ3) is 6.95. The second-order valence-electron chi connectivity index (χ2n) is 8.11. The highest BCUT2D eigenvalue weighted by Gasteiger charge is 2.33. The second-order valence-corrected chi connectivity index (χ2v) is 8.11. The summed E-state index contributed by atoms with van der Waals surface area (Å²) in [5.74, 6) is 0.574. The van der Waals surface area contributed by atoms with E-state index in [1.165, 1.54) is 25.7 Å². The first-order valence-electron chi connectivity index (χ1n) is 10.7. The molecule has 1 aliphatic carbocycles. The highest BCUT2D eigenvalue weighted by atomic mass is 127. The van der Waals surface area contributed by atoms with Crippen LogP contribution in [0.4, 0.5) is 10.1 Å². The lowest BCUT2D eigenvalue weighted by molar-refractivity contribution is 0.122. The summed E-state index contributed by atoms with van der Waals surface area (Å²) in [4.78, 5) is 6.38. The molecule has 6 nitrogen and oxygen atoms in total. The summed E-state index contributed by atoms with van der Waals surface area (Å²) in [6.45, 7) is 4.98. The van der Waals surface area contributed by atoms with E-state index in [0.717, 1.165) is 44.2 Å². The van der Waals surface area contributed by atoms with Gasteiger partial charge in [0.05, 0.1) is 18.9 Å². The molecule has 2 aliphatic rings. The molecule has 1 saturated carbocycles. The zero-order valence-electron chi connectivity index (χ0n) is 18.2. The van der Waals surface area contributed by atoms with E-state index in [1.807, 2.05) is 17.0 Å². The van der Waals surface area contributed by atoms with Crippen molar-refractivity contribution >= 4 is 35.6 Å². The van der Waals surface area contributed by atoms with Gasteiger partial charge < -0.3 is 25.0 Å². The van der Waals surface area contributed by atoms with E-state index in [0.29, 0.717) is 30.9 Å². The molecule has 0 spiro atoms. The average Bonchev–Trinajstić information content (AvgIpc) is 3.22. The zero-order valence-corrected chi connectivity index (χ0v) is 20.5. The van der Waals surface area contributed by atoms with Crippen molar-refractivity contribution in [2.75, 3.05) is 58.5 Å². The van der Waals surface area contributed by atoms with E-state index >= 15 is 0 Å². The van der Waals surface area contributed by atoms with Crippen LogP contribution in [-0.4, -0.2) is 59.6 Å². The Morgan fingerprint density at radius 3 is 2.60 bits per heavy atom. The molecule has 3 rings (SSSR count). The number of methoxy groups -OCH3 is 1. The molecule has 2 N–H and O–H groups in total. The van der Waals surface area contributed by atoms with Crippen LogP contribution in [-0.2, 0) is 16.0 Å². The SMILES string of the molecule is CN=C(NCc1ccc(N2CCOCC2)c(F)c1)NCC1(CCOC)CCCC1.I. The van der Waals surface area contributed by atoms with Gasteiger partial charge in [0.1, 0.15) is 5.82 Å².